The molecule has 0 fully saturated rings. The SMILES string of the molecule is CC(=O)c1c[nH]c(C(=O)NC(C(=O)O)c2cccs2)c1. The monoisotopic (exact) mass is 292 g/mol. The van der Waals surface area contributed by atoms with Crippen LogP contribution in [0.25, 0.3) is 0 Å². The number of hydrogen-bond donors (Lipinski definition) is 3. The summed E-state index contributed by atoms with van der Waals surface area (Å²) >= 11 is 1.25. The molecule has 0 aliphatic carbocycles. The number of aromatic amines is 1. The highest BCUT2D eigenvalue weighted by atomic mass is 32.1. The summed E-state index contributed by atoms with van der Waals surface area (Å²) in [6.45, 7) is 1.39. The average Bonchev–Trinajstić information content (AvgIpc) is 3.05. The van der Waals surface area contributed by atoms with E-state index in [1.54, 1.807) is 17.5 Å². The molecule has 2 heterocycles. The summed E-state index contributed by atoms with van der Waals surface area (Å²) < 4.78 is 0. The Bertz CT molecular complexity index is 645. The summed E-state index contributed by atoms with van der Waals surface area (Å²) in [6.07, 6.45) is 1.41. The molecular formula is C13H12N2O4S. The zero-order valence-electron chi connectivity index (χ0n) is 10.5. The summed E-state index contributed by atoms with van der Waals surface area (Å²) in [4.78, 5) is 37.5. The Morgan fingerprint density at radius 2 is 2.15 bits per heavy atom. The van der Waals surface area contributed by atoms with Crippen molar-refractivity contribution >= 4 is 29.0 Å². The number of aromatic nitrogens is 1. The Morgan fingerprint density at radius 1 is 1.40 bits per heavy atom. The first-order chi connectivity index (χ1) is 9.49. The number of rotatable bonds is 5. The molecule has 2 aromatic heterocycles. The second-order valence-corrected chi connectivity index (χ2v) is 5.10. The number of nitrogens with one attached hydrogen (secondary N) is 2. The van der Waals surface area contributed by atoms with Crippen molar-refractivity contribution in [2.45, 2.75) is 13.0 Å². The van der Waals surface area contributed by atoms with Crippen molar-refractivity contribution in [3.05, 3.63) is 45.9 Å². The number of carbonyl (C=O) groups is 3. The average molecular weight is 292 g/mol. The molecule has 0 aliphatic rings. The summed E-state index contributed by atoms with van der Waals surface area (Å²) in [6, 6.07) is 3.64. The largest absolute Gasteiger partial charge is 0.479 e. The number of amides is 1. The van der Waals surface area contributed by atoms with Gasteiger partial charge >= 0.3 is 5.97 Å². The molecular weight excluding hydrogens is 280 g/mol. The number of aliphatic carboxylic acids is 1. The van der Waals surface area contributed by atoms with Gasteiger partial charge < -0.3 is 15.4 Å². The highest BCUT2D eigenvalue weighted by Gasteiger charge is 2.24. The third-order valence-electron chi connectivity index (χ3n) is 2.68. The van der Waals surface area contributed by atoms with E-state index in [1.807, 2.05) is 0 Å². The molecule has 0 saturated heterocycles. The van der Waals surface area contributed by atoms with Gasteiger partial charge in [0.2, 0.25) is 0 Å². The summed E-state index contributed by atoms with van der Waals surface area (Å²) in [5.41, 5.74) is 0.524. The lowest BCUT2D eigenvalue weighted by Crippen LogP contribution is -2.33. The van der Waals surface area contributed by atoms with Crippen molar-refractivity contribution in [1.29, 1.82) is 0 Å². The van der Waals surface area contributed by atoms with Gasteiger partial charge in [-0.05, 0) is 24.4 Å². The maximum Gasteiger partial charge on any atom is 0.331 e. The van der Waals surface area contributed by atoms with Crippen LogP contribution in [0, 0.1) is 0 Å². The third-order valence-corrected chi connectivity index (χ3v) is 3.62. The van der Waals surface area contributed by atoms with Crippen molar-refractivity contribution in [2.24, 2.45) is 0 Å². The van der Waals surface area contributed by atoms with Crippen LogP contribution in [0.1, 0.15) is 38.7 Å². The fourth-order valence-electron chi connectivity index (χ4n) is 1.65. The number of H-pyrrole nitrogens is 1. The van der Waals surface area contributed by atoms with Crippen LogP contribution in [0.2, 0.25) is 0 Å². The first-order valence-electron chi connectivity index (χ1n) is 5.75. The maximum atomic E-state index is 12.0. The predicted molar refractivity (Wildman–Crippen MR) is 73.0 cm³/mol. The van der Waals surface area contributed by atoms with Crippen LogP contribution in [0.5, 0.6) is 0 Å². The highest BCUT2D eigenvalue weighted by molar-refractivity contribution is 7.10. The van der Waals surface area contributed by atoms with Crippen molar-refractivity contribution < 1.29 is 19.5 Å². The van der Waals surface area contributed by atoms with E-state index >= 15 is 0 Å². The molecule has 6 nitrogen and oxygen atoms in total. The summed E-state index contributed by atoms with van der Waals surface area (Å²) in [5.74, 6) is -1.88. The first kappa shape index (κ1) is 14.0. The van der Waals surface area contributed by atoms with Gasteiger partial charge in [0.25, 0.3) is 5.91 Å². The Hall–Kier alpha value is -2.41. The van der Waals surface area contributed by atoms with Crippen LogP contribution in [0.3, 0.4) is 0 Å². The smallest absolute Gasteiger partial charge is 0.331 e. The Balaban J connectivity index is 2.16. The van der Waals surface area contributed by atoms with Crippen molar-refractivity contribution in [2.75, 3.05) is 0 Å². The van der Waals surface area contributed by atoms with E-state index in [-0.39, 0.29) is 11.5 Å². The Morgan fingerprint density at radius 3 is 2.65 bits per heavy atom. The normalized spacial score (nSPS) is 11.8. The highest BCUT2D eigenvalue weighted by Crippen LogP contribution is 2.19. The van der Waals surface area contributed by atoms with Gasteiger partial charge in [-0.15, -0.1) is 11.3 Å². The molecule has 0 radical (unpaired) electrons. The zero-order chi connectivity index (χ0) is 14.7. The van der Waals surface area contributed by atoms with Gasteiger partial charge in [0.1, 0.15) is 5.69 Å². The Kier molecular flexibility index (Phi) is 3.99. The van der Waals surface area contributed by atoms with E-state index in [0.29, 0.717) is 10.4 Å². The van der Waals surface area contributed by atoms with E-state index in [9.17, 15) is 14.4 Å². The number of ketones is 1. The minimum Gasteiger partial charge on any atom is -0.479 e. The molecule has 2 rings (SSSR count). The second-order valence-electron chi connectivity index (χ2n) is 4.12. The van der Waals surface area contributed by atoms with Gasteiger partial charge in [0.05, 0.1) is 0 Å². The molecule has 2 aromatic rings. The van der Waals surface area contributed by atoms with Gasteiger partial charge in [-0.2, -0.15) is 0 Å². The lowest BCUT2D eigenvalue weighted by atomic mass is 10.2. The number of carboxylic acids is 1. The number of carboxylic acid groups (broad SMARTS) is 1. The molecule has 3 N–H and O–H groups in total. The van der Waals surface area contributed by atoms with Crippen LogP contribution in [0.4, 0.5) is 0 Å². The minimum absolute atomic E-state index is 0.151. The topological polar surface area (TPSA) is 99.3 Å². The van der Waals surface area contributed by atoms with Crippen molar-refractivity contribution in [3.63, 3.8) is 0 Å². The molecule has 0 saturated carbocycles. The summed E-state index contributed by atoms with van der Waals surface area (Å²) in [7, 11) is 0. The first-order valence-corrected chi connectivity index (χ1v) is 6.63. The lowest BCUT2D eigenvalue weighted by molar-refractivity contribution is -0.139. The third kappa shape index (κ3) is 2.94. The van der Waals surface area contributed by atoms with Crippen LogP contribution < -0.4 is 5.32 Å². The molecule has 1 amide bonds. The molecule has 0 aromatic carbocycles. The van der Waals surface area contributed by atoms with Gasteiger partial charge in [0.15, 0.2) is 11.8 Å². The molecule has 0 aliphatic heterocycles. The number of hydrogen-bond acceptors (Lipinski definition) is 4. The van der Waals surface area contributed by atoms with Gasteiger partial charge in [-0.1, -0.05) is 6.07 Å². The molecule has 7 heteroatoms. The molecule has 104 valence electrons. The predicted octanol–water partition coefficient (Wildman–Crippen LogP) is 1.83. The van der Waals surface area contributed by atoms with Gasteiger partial charge in [-0.25, -0.2) is 4.79 Å². The van der Waals surface area contributed by atoms with Crippen LogP contribution in [0.15, 0.2) is 29.8 Å². The quantitative estimate of drug-likeness (QED) is 0.732. The standard InChI is InChI=1S/C13H12N2O4S/c1-7(16)8-5-9(14-6-8)12(17)15-11(13(18)19)10-3-2-4-20-10/h2-6,11,14H,1H3,(H,15,17)(H,18,19). The van der Waals surface area contributed by atoms with Gasteiger partial charge in [0, 0.05) is 16.6 Å². The summed E-state index contributed by atoms with van der Waals surface area (Å²) in [5, 5.41) is 13.3. The fourth-order valence-corrected chi connectivity index (χ4v) is 2.41. The Labute approximate surface area is 118 Å². The number of thiophene rings is 1. The van der Waals surface area contributed by atoms with E-state index < -0.39 is 17.9 Å². The zero-order valence-corrected chi connectivity index (χ0v) is 11.4. The second kappa shape index (κ2) is 5.70. The van der Waals surface area contributed by atoms with Crippen molar-refractivity contribution in [3.8, 4) is 0 Å². The molecule has 0 bridgehead atoms. The molecule has 1 atom stereocenters. The van der Waals surface area contributed by atoms with E-state index in [0.717, 1.165) is 0 Å². The van der Waals surface area contributed by atoms with E-state index in [4.69, 9.17) is 5.11 Å². The molecule has 20 heavy (non-hydrogen) atoms. The minimum atomic E-state index is -1.14. The maximum absolute atomic E-state index is 12.0. The van der Waals surface area contributed by atoms with E-state index in [1.165, 1.54) is 30.5 Å². The van der Waals surface area contributed by atoms with Crippen LogP contribution in [-0.2, 0) is 4.79 Å². The van der Waals surface area contributed by atoms with Crippen molar-refractivity contribution in [1.82, 2.24) is 10.3 Å². The van der Waals surface area contributed by atoms with E-state index in [2.05, 4.69) is 10.3 Å². The van der Waals surface area contributed by atoms with Gasteiger partial charge in [-0.3, -0.25) is 9.59 Å². The molecule has 0 spiro atoms. The fraction of sp³-hybridized carbons (Fsp3) is 0.154. The number of Topliss-reactive ketones (excluding diaryl/α,β-unsaturated/α-hetero) is 1. The van der Waals surface area contributed by atoms with Crippen LogP contribution in [-0.4, -0.2) is 27.8 Å². The number of carbonyl (C=O) groups excluding carboxylic acids is 2. The lowest BCUT2D eigenvalue weighted by Gasteiger charge is -2.12. The molecule has 1 unspecified atom stereocenters. The van der Waals surface area contributed by atoms with Crippen LogP contribution >= 0.6 is 11.3 Å².